The van der Waals surface area contributed by atoms with Crippen molar-refractivity contribution in [1.82, 2.24) is 10.6 Å². The lowest BCUT2D eigenvalue weighted by atomic mass is 9.84. The zero-order valence-corrected chi connectivity index (χ0v) is 28.0. The Morgan fingerprint density at radius 2 is 1.45 bits per heavy atom. The molecule has 1 saturated heterocycles. The third kappa shape index (κ3) is 14.5. The van der Waals surface area contributed by atoms with Gasteiger partial charge < -0.3 is 25.2 Å². The second-order valence-corrected chi connectivity index (χ2v) is 13.9. The van der Waals surface area contributed by atoms with Crippen molar-refractivity contribution in [3.8, 4) is 0 Å². The van der Waals surface area contributed by atoms with Crippen LogP contribution in [0.15, 0.2) is 12.2 Å². The van der Waals surface area contributed by atoms with Crippen LogP contribution < -0.4 is 10.6 Å². The van der Waals surface area contributed by atoms with E-state index in [-0.39, 0.29) is 12.3 Å². The van der Waals surface area contributed by atoms with Crippen LogP contribution in [0.25, 0.3) is 0 Å². The summed E-state index contributed by atoms with van der Waals surface area (Å²) in [5.74, 6) is -2.48. The van der Waals surface area contributed by atoms with Crippen LogP contribution in [0.3, 0.4) is 0 Å². The number of rotatable bonds is 21. The molecular formula is C34H62N2O6. The van der Waals surface area contributed by atoms with E-state index in [9.17, 15) is 19.5 Å². The van der Waals surface area contributed by atoms with Crippen molar-refractivity contribution in [1.29, 1.82) is 0 Å². The van der Waals surface area contributed by atoms with E-state index in [1.54, 1.807) is 13.8 Å². The molecule has 42 heavy (non-hydrogen) atoms. The molecule has 1 fully saturated rings. The molecule has 1 rings (SSSR count). The van der Waals surface area contributed by atoms with Gasteiger partial charge in [-0.25, -0.2) is 0 Å². The highest BCUT2D eigenvalue weighted by molar-refractivity contribution is 5.84. The van der Waals surface area contributed by atoms with Crippen molar-refractivity contribution in [2.75, 3.05) is 6.61 Å². The molecule has 8 heteroatoms. The highest BCUT2D eigenvalue weighted by Crippen LogP contribution is 2.35. The van der Waals surface area contributed by atoms with E-state index in [4.69, 9.17) is 9.47 Å². The number of unbranched alkanes of at least 4 members (excludes halogenated alkanes) is 9. The van der Waals surface area contributed by atoms with Crippen LogP contribution in [0.4, 0.5) is 0 Å². The summed E-state index contributed by atoms with van der Waals surface area (Å²) in [6, 6.07) is -1.29. The normalized spacial score (nSPS) is 19.8. The second-order valence-electron chi connectivity index (χ2n) is 13.9. The van der Waals surface area contributed by atoms with Crippen LogP contribution >= 0.6 is 0 Å². The molecule has 244 valence electrons. The van der Waals surface area contributed by atoms with Crippen LogP contribution in [0, 0.1) is 10.8 Å². The largest absolute Gasteiger partial charge is 0.481 e. The lowest BCUT2D eigenvalue weighted by Crippen LogP contribution is -2.61. The molecule has 3 atom stereocenters. The minimum atomic E-state index is -1.04. The Hall–Kier alpha value is -1.93. The molecule has 0 aromatic rings. The lowest BCUT2D eigenvalue weighted by Gasteiger charge is -2.45. The van der Waals surface area contributed by atoms with Gasteiger partial charge in [-0.1, -0.05) is 98.6 Å². The van der Waals surface area contributed by atoms with Crippen LogP contribution in [0.1, 0.15) is 145 Å². The Bertz CT molecular complexity index is 851. The summed E-state index contributed by atoms with van der Waals surface area (Å²) in [4.78, 5) is 38.4. The molecule has 3 unspecified atom stereocenters. The predicted molar refractivity (Wildman–Crippen MR) is 169 cm³/mol. The van der Waals surface area contributed by atoms with Gasteiger partial charge in [-0.2, -0.15) is 0 Å². The minimum Gasteiger partial charge on any atom is -0.481 e. The first kappa shape index (κ1) is 38.1. The number of hydrogen-bond acceptors (Lipinski definition) is 5. The van der Waals surface area contributed by atoms with E-state index in [0.717, 1.165) is 38.5 Å². The van der Waals surface area contributed by atoms with E-state index >= 15 is 0 Å². The fourth-order valence-corrected chi connectivity index (χ4v) is 5.31. The first-order valence-corrected chi connectivity index (χ1v) is 16.4. The molecule has 0 aromatic carbocycles. The highest BCUT2D eigenvalue weighted by atomic mass is 16.7. The topological polar surface area (TPSA) is 114 Å². The Balaban J connectivity index is 2.58. The van der Waals surface area contributed by atoms with Gasteiger partial charge in [0.1, 0.15) is 6.10 Å². The molecule has 0 aliphatic carbocycles. The molecule has 3 N–H and O–H groups in total. The molecule has 1 aliphatic heterocycles. The number of nitrogens with one attached hydrogen (secondary N) is 2. The number of aliphatic carboxylic acids is 1. The number of carbonyl (C=O) groups is 3. The van der Waals surface area contributed by atoms with Crippen LogP contribution in [-0.4, -0.2) is 53.5 Å². The van der Waals surface area contributed by atoms with E-state index in [0.29, 0.717) is 13.0 Å². The molecule has 0 bridgehead atoms. The van der Waals surface area contributed by atoms with Gasteiger partial charge in [0.25, 0.3) is 0 Å². The van der Waals surface area contributed by atoms with E-state index in [1.165, 1.54) is 38.5 Å². The maximum absolute atomic E-state index is 13.3. The molecular weight excluding hydrogens is 532 g/mol. The average molecular weight is 595 g/mol. The maximum Gasteiger partial charge on any atom is 0.305 e. The quantitative estimate of drug-likeness (QED) is 0.0949. The number of allylic oxidation sites excluding steroid dienone is 2. The maximum atomic E-state index is 13.3. The monoisotopic (exact) mass is 594 g/mol. The Morgan fingerprint density at radius 1 is 0.881 bits per heavy atom. The van der Waals surface area contributed by atoms with Crippen molar-refractivity contribution in [2.45, 2.75) is 169 Å². The Morgan fingerprint density at radius 3 is 2.00 bits per heavy atom. The van der Waals surface area contributed by atoms with Crippen molar-refractivity contribution >= 4 is 17.8 Å². The molecule has 1 aliphatic rings. The van der Waals surface area contributed by atoms with Gasteiger partial charge >= 0.3 is 5.97 Å². The van der Waals surface area contributed by atoms with Crippen LogP contribution in [0.2, 0.25) is 0 Å². The zero-order chi connectivity index (χ0) is 31.8. The summed E-state index contributed by atoms with van der Waals surface area (Å²) < 4.78 is 11.7. The predicted octanol–water partition coefficient (Wildman–Crippen LogP) is 7.30. The number of carboxylic acids is 1. The van der Waals surface area contributed by atoms with Crippen LogP contribution in [-0.2, 0) is 23.9 Å². The van der Waals surface area contributed by atoms with Gasteiger partial charge in [0, 0.05) is 16.9 Å². The number of carbonyl (C=O) groups excluding carboxylic acids is 2. The summed E-state index contributed by atoms with van der Waals surface area (Å²) in [5, 5.41) is 15.6. The minimum absolute atomic E-state index is 0.121. The lowest BCUT2D eigenvalue weighted by molar-refractivity contribution is -0.304. The summed E-state index contributed by atoms with van der Waals surface area (Å²) in [5.41, 5.74) is -1.19. The van der Waals surface area contributed by atoms with Crippen molar-refractivity contribution in [3.05, 3.63) is 12.2 Å². The first-order valence-electron chi connectivity index (χ1n) is 16.4. The first-order chi connectivity index (χ1) is 19.6. The number of carboxylic acid groups (broad SMARTS) is 1. The smallest absolute Gasteiger partial charge is 0.305 e. The van der Waals surface area contributed by atoms with Gasteiger partial charge in [0.2, 0.25) is 11.8 Å². The molecule has 0 saturated carbocycles. The third-order valence-electron chi connectivity index (χ3n) is 8.28. The fourth-order valence-electron chi connectivity index (χ4n) is 5.31. The summed E-state index contributed by atoms with van der Waals surface area (Å²) in [7, 11) is 0. The molecule has 0 radical (unpaired) electrons. The highest BCUT2D eigenvalue weighted by Gasteiger charge is 2.46. The Kier molecular flexibility index (Phi) is 16.9. The standard InChI is InChI=1S/C34H62N2O6/c1-9-11-12-13-14-15-16-17-18-19-20-21-22-23-32(3,4)31(40)36-26(10-2)27(24-28(37)38)35-30(39)29-33(5,6)25-41-34(7,8)42-29/h16-17,26-27,29H,9-15,18-25H2,1-8H3,(H,35,39)(H,36,40)(H,37,38)/b17-16+. The Labute approximate surface area is 256 Å². The van der Waals surface area contributed by atoms with Crippen molar-refractivity contribution in [2.24, 2.45) is 10.8 Å². The van der Waals surface area contributed by atoms with E-state index in [2.05, 4.69) is 29.7 Å². The fraction of sp³-hybridized carbons (Fsp3) is 0.853. The van der Waals surface area contributed by atoms with E-state index in [1.807, 2.05) is 34.6 Å². The summed E-state index contributed by atoms with van der Waals surface area (Å²) >= 11 is 0. The summed E-state index contributed by atoms with van der Waals surface area (Å²) in [6.45, 7) is 15.6. The zero-order valence-electron chi connectivity index (χ0n) is 28.0. The summed E-state index contributed by atoms with van der Waals surface area (Å²) in [6.07, 6.45) is 18.0. The average Bonchev–Trinajstić information content (AvgIpc) is 2.90. The van der Waals surface area contributed by atoms with Gasteiger partial charge in [0.05, 0.1) is 19.1 Å². The van der Waals surface area contributed by atoms with Gasteiger partial charge in [-0.15, -0.1) is 0 Å². The molecule has 0 aromatic heterocycles. The molecule has 8 nitrogen and oxygen atoms in total. The number of hydrogen-bond donors (Lipinski definition) is 3. The van der Waals surface area contributed by atoms with Crippen molar-refractivity contribution < 1.29 is 29.0 Å². The molecule has 1 heterocycles. The van der Waals surface area contributed by atoms with Gasteiger partial charge in [-0.05, 0) is 52.4 Å². The number of amides is 2. The SMILES string of the molecule is CCCCCCC/C=C/CCCCCCC(C)(C)C(=O)NC(CC)C(CC(=O)O)NC(=O)C1OC(C)(C)OCC1(C)C. The van der Waals surface area contributed by atoms with Crippen molar-refractivity contribution in [3.63, 3.8) is 0 Å². The number of ether oxygens (including phenoxy) is 2. The molecule has 0 spiro atoms. The van der Waals surface area contributed by atoms with Gasteiger partial charge in [0.15, 0.2) is 5.79 Å². The van der Waals surface area contributed by atoms with Crippen LogP contribution in [0.5, 0.6) is 0 Å². The molecule has 2 amide bonds. The third-order valence-corrected chi connectivity index (χ3v) is 8.28. The van der Waals surface area contributed by atoms with Gasteiger partial charge in [-0.3, -0.25) is 14.4 Å². The van der Waals surface area contributed by atoms with E-state index < -0.39 is 46.7 Å². The second kappa shape index (κ2) is 18.7.